The van der Waals surface area contributed by atoms with Gasteiger partial charge in [0.1, 0.15) is 11.8 Å². The van der Waals surface area contributed by atoms with Gasteiger partial charge in [-0.3, -0.25) is 10.1 Å². The van der Waals surface area contributed by atoms with Crippen molar-refractivity contribution >= 4 is 27.8 Å². The second-order valence-electron chi connectivity index (χ2n) is 8.38. The molecule has 0 fully saturated rings. The SMILES string of the molecule is CCCCCCCCCCOc1cc(N=Nc2ccc([N+](=O)[O-])cc2C#N)c2ccccc2c1O. The number of nitriles is 1. The predicted octanol–water partition coefficient (Wildman–Crippen LogP) is 8.26. The van der Waals surface area contributed by atoms with Crippen LogP contribution in [0.4, 0.5) is 17.1 Å². The fraction of sp³-hybridized carbons (Fsp3) is 0.370. The van der Waals surface area contributed by atoms with E-state index in [1.165, 1.54) is 56.7 Å². The minimum Gasteiger partial charge on any atom is -0.504 e. The van der Waals surface area contributed by atoms with Crippen LogP contribution in [0.15, 0.2) is 58.8 Å². The average molecular weight is 475 g/mol. The van der Waals surface area contributed by atoms with Crippen LogP contribution in [-0.4, -0.2) is 16.6 Å². The fourth-order valence-electron chi connectivity index (χ4n) is 3.85. The summed E-state index contributed by atoms with van der Waals surface area (Å²) in [5.41, 5.74) is 0.549. The number of azo groups is 1. The van der Waals surface area contributed by atoms with Gasteiger partial charge in [-0.2, -0.15) is 5.26 Å². The van der Waals surface area contributed by atoms with Gasteiger partial charge >= 0.3 is 0 Å². The number of fused-ring (bicyclic) bond motifs is 1. The minimum absolute atomic E-state index is 0.0483. The van der Waals surface area contributed by atoms with E-state index >= 15 is 0 Å². The van der Waals surface area contributed by atoms with Crippen LogP contribution in [0.2, 0.25) is 0 Å². The highest BCUT2D eigenvalue weighted by atomic mass is 16.6. The number of rotatable bonds is 13. The van der Waals surface area contributed by atoms with Gasteiger partial charge in [0, 0.05) is 29.0 Å². The third-order valence-corrected chi connectivity index (χ3v) is 5.79. The molecule has 0 radical (unpaired) electrons. The van der Waals surface area contributed by atoms with Crippen molar-refractivity contribution in [2.24, 2.45) is 10.2 Å². The van der Waals surface area contributed by atoms with Crippen LogP contribution in [0.25, 0.3) is 10.8 Å². The van der Waals surface area contributed by atoms with Crippen LogP contribution in [0.5, 0.6) is 11.5 Å². The average Bonchev–Trinajstić information content (AvgIpc) is 2.88. The van der Waals surface area contributed by atoms with E-state index in [0.717, 1.165) is 12.8 Å². The van der Waals surface area contributed by atoms with Crippen molar-refractivity contribution in [3.8, 4) is 17.6 Å². The van der Waals surface area contributed by atoms with Gasteiger partial charge in [-0.25, -0.2) is 0 Å². The van der Waals surface area contributed by atoms with Crippen LogP contribution in [0, 0.1) is 21.4 Å². The Morgan fingerprint density at radius 2 is 1.60 bits per heavy atom. The number of phenolic OH excluding ortho intramolecular Hbond substituents is 1. The summed E-state index contributed by atoms with van der Waals surface area (Å²) in [6.45, 7) is 2.70. The lowest BCUT2D eigenvalue weighted by molar-refractivity contribution is -0.384. The second-order valence-corrected chi connectivity index (χ2v) is 8.38. The Morgan fingerprint density at radius 3 is 2.29 bits per heavy atom. The topological polar surface area (TPSA) is 121 Å². The number of nitro groups is 1. The Morgan fingerprint density at radius 1 is 0.943 bits per heavy atom. The zero-order valence-corrected chi connectivity index (χ0v) is 19.9. The standard InChI is InChI=1S/C27H30N4O4/c1-2-3-4-5-6-7-8-11-16-35-26-18-25(22-12-9-10-13-23(22)27(26)32)30-29-24-15-14-21(31(33)34)17-20(24)19-28/h9-10,12-15,17-18,32H,2-8,11,16H2,1H3. The maximum atomic E-state index is 11.0. The Hall–Kier alpha value is -3.99. The van der Waals surface area contributed by atoms with Crippen molar-refractivity contribution in [1.82, 2.24) is 0 Å². The van der Waals surface area contributed by atoms with Crippen molar-refractivity contribution in [3.63, 3.8) is 0 Å². The van der Waals surface area contributed by atoms with E-state index in [2.05, 4.69) is 17.2 Å². The number of ether oxygens (including phenoxy) is 1. The first kappa shape index (κ1) is 25.6. The smallest absolute Gasteiger partial charge is 0.270 e. The predicted molar refractivity (Wildman–Crippen MR) is 136 cm³/mol. The zero-order chi connectivity index (χ0) is 25.0. The van der Waals surface area contributed by atoms with Gasteiger partial charge in [0.05, 0.1) is 22.8 Å². The van der Waals surface area contributed by atoms with Crippen molar-refractivity contribution in [3.05, 3.63) is 64.2 Å². The van der Waals surface area contributed by atoms with E-state index in [1.807, 2.05) is 24.3 Å². The van der Waals surface area contributed by atoms with Crippen LogP contribution in [0.1, 0.15) is 63.9 Å². The highest BCUT2D eigenvalue weighted by molar-refractivity contribution is 5.98. The molecule has 1 N–H and O–H groups in total. The van der Waals surface area contributed by atoms with Crippen LogP contribution in [0.3, 0.4) is 0 Å². The molecule has 0 atom stereocenters. The summed E-state index contributed by atoms with van der Waals surface area (Å²) in [7, 11) is 0. The molecule has 3 aromatic rings. The molecule has 0 heterocycles. The third-order valence-electron chi connectivity index (χ3n) is 5.79. The van der Waals surface area contributed by atoms with Crippen molar-refractivity contribution in [2.45, 2.75) is 58.3 Å². The Bertz CT molecular complexity index is 1230. The molecular formula is C27H30N4O4. The van der Waals surface area contributed by atoms with Gasteiger partial charge in [0.25, 0.3) is 5.69 Å². The molecule has 182 valence electrons. The lowest BCUT2D eigenvalue weighted by Crippen LogP contribution is -1.98. The molecule has 0 amide bonds. The maximum Gasteiger partial charge on any atom is 0.270 e. The van der Waals surface area contributed by atoms with E-state index in [1.54, 1.807) is 12.1 Å². The first-order chi connectivity index (χ1) is 17.0. The number of phenols is 1. The van der Waals surface area contributed by atoms with E-state index in [-0.39, 0.29) is 22.7 Å². The number of hydrogen-bond acceptors (Lipinski definition) is 7. The molecule has 0 aromatic heterocycles. The molecule has 0 aliphatic carbocycles. The molecule has 35 heavy (non-hydrogen) atoms. The summed E-state index contributed by atoms with van der Waals surface area (Å²) in [6, 6.07) is 14.6. The molecule has 3 rings (SSSR count). The van der Waals surface area contributed by atoms with Crippen molar-refractivity contribution in [1.29, 1.82) is 5.26 Å². The van der Waals surface area contributed by atoms with Crippen molar-refractivity contribution in [2.75, 3.05) is 6.61 Å². The molecule has 0 unspecified atom stereocenters. The van der Waals surface area contributed by atoms with E-state index in [4.69, 9.17) is 4.74 Å². The molecule has 0 aliphatic heterocycles. The van der Waals surface area contributed by atoms with Crippen LogP contribution in [-0.2, 0) is 0 Å². The quantitative estimate of drug-likeness (QED) is 0.116. The van der Waals surface area contributed by atoms with Crippen LogP contribution < -0.4 is 4.74 Å². The number of nitrogens with zero attached hydrogens (tertiary/aromatic N) is 4. The molecule has 8 heteroatoms. The van der Waals surface area contributed by atoms with Gasteiger partial charge < -0.3 is 9.84 Å². The number of nitro benzene ring substituents is 1. The Labute approximate surface area is 205 Å². The van der Waals surface area contributed by atoms with Crippen LogP contribution >= 0.6 is 0 Å². The largest absolute Gasteiger partial charge is 0.504 e. The van der Waals surface area contributed by atoms with Gasteiger partial charge in [-0.15, -0.1) is 10.2 Å². The highest BCUT2D eigenvalue weighted by Gasteiger charge is 2.14. The number of benzene rings is 3. The summed E-state index contributed by atoms with van der Waals surface area (Å²) >= 11 is 0. The molecule has 0 spiro atoms. The monoisotopic (exact) mass is 474 g/mol. The van der Waals surface area contributed by atoms with E-state index in [0.29, 0.717) is 28.8 Å². The highest BCUT2D eigenvalue weighted by Crippen LogP contribution is 2.41. The first-order valence-corrected chi connectivity index (χ1v) is 12.0. The molecule has 0 aliphatic rings. The summed E-state index contributed by atoms with van der Waals surface area (Å²) in [5.74, 6) is 0.372. The normalized spacial score (nSPS) is 11.1. The van der Waals surface area contributed by atoms with E-state index in [9.17, 15) is 20.5 Å². The Balaban J connectivity index is 1.74. The van der Waals surface area contributed by atoms with Gasteiger partial charge in [0.15, 0.2) is 11.5 Å². The summed E-state index contributed by atoms with van der Waals surface area (Å²) in [4.78, 5) is 10.4. The lowest BCUT2D eigenvalue weighted by atomic mass is 10.1. The second kappa shape index (κ2) is 13.0. The summed E-state index contributed by atoms with van der Waals surface area (Å²) < 4.78 is 5.89. The van der Waals surface area contributed by atoms with Gasteiger partial charge in [-0.05, 0) is 12.5 Å². The first-order valence-electron chi connectivity index (χ1n) is 12.0. The number of unbranched alkanes of at least 4 members (excludes halogenated alkanes) is 7. The van der Waals surface area contributed by atoms with E-state index < -0.39 is 4.92 Å². The minimum atomic E-state index is -0.564. The number of hydrogen-bond donors (Lipinski definition) is 1. The molecule has 0 bridgehead atoms. The third kappa shape index (κ3) is 7.00. The zero-order valence-electron chi connectivity index (χ0n) is 19.9. The van der Waals surface area contributed by atoms with Crippen molar-refractivity contribution < 1.29 is 14.8 Å². The molecular weight excluding hydrogens is 444 g/mol. The van der Waals surface area contributed by atoms with Gasteiger partial charge in [0.2, 0.25) is 0 Å². The molecule has 0 saturated carbocycles. The molecule has 0 saturated heterocycles. The Kier molecular flexibility index (Phi) is 9.55. The number of aromatic hydroxyl groups is 1. The van der Waals surface area contributed by atoms with Gasteiger partial charge in [-0.1, -0.05) is 76.1 Å². The number of non-ortho nitro benzene ring substituents is 1. The maximum absolute atomic E-state index is 11.0. The molecule has 3 aromatic carbocycles. The summed E-state index contributed by atoms with van der Waals surface area (Å²) in [5, 5.41) is 40.8. The summed E-state index contributed by atoms with van der Waals surface area (Å²) in [6.07, 6.45) is 9.49. The lowest BCUT2D eigenvalue weighted by Gasteiger charge is -2.12. The fourth-order valence-corrected chi connectivity index (χ4v) is 3.85. The molecule has 8 nitrogen and oxygen atoms in total.